The summed E-state index contributed by atoms with van der Waals surface area (Å²) in [6, 6.07) is -0.723. The van der Waals surface area contributed by atoms with Gasteiger partial charge in [0.15, 0.2) is 0 Å². The van der Waals surface area contributed by atoms with Crippen LogP contribution in [-0.2, 0) is 19.1 Å². The van der Waals surface area contributed by atoms with Crippen LogP contribution in [0, 0.1) is 11.8 Å². The van der Waals surface area contributed by atoms with E-state index in [-0.39, 0.29) is 18.2 Å². The third-order valence-electron chi connectivity index (χ3n) is 4.91. The second kappa shape index (κ2) is 9.04. The second-order valence-electron chi connectivity index (χ2n) is 7.36. The van der Waals surface area contributed by atoms with E-state index in [0.29, 0.717) is 38.0 Å². The van der Waals surface area contributed by atoms with E-state index in [2.05, 4.69) is 19.2 Å². The van der Waals surface area contributed by atoms with Crippen LogP contribution in [0.5, 0.6) is 0 Å². The molecule has 136 valence electrons. The summed E-state index contributed by atoms with van der Waals surface area (Å²) in [5.41, 5.74) is 0. The molecule has 6 heteroatoms. The molecule has 0 spiro atoms. The molecule has 1 aliphatic heterocycles. The molecule has 1 heterocycles. The van der Waals surface area contributed by atoms with Gasteiger partial charge in [-0.3, -0.25) is 14.4 Å². The van der Waals surface area contributed by atoms with E-state index < -0.39 is 12.0 Å². The molecule has 0 bridgehead atoms. The highest BCUT2D eigenvalue weighted by Crippen LogP contribution is 2.28. The fourth-order valence-corrected chi connectivity index (χ4v) is 3.42. The van der Waals surface area contributed by atoms with Gasteiger partial charge in [0.1, 0.15) is 6.04 Å². The van der Waals surface area contributed by atoms with Crippen molar-refractivity contribution < 1.29 is 19.1 Å². The molecular formula is C18H30N2O4. The summed E-state index contributed by atoms with van der Waals surface area (Å²) >= 11 is 0. The van der Waals surface area contributed by atoms with E-state index in [4.69, 9.17) is 4.74 Å². The van der Waals surface area contributed by atoms with Gasteiger partial charge < -0.3 is 15.0 Å². The quantitative estimate of drug-likeness (QED) is 0.719. The molecule has 2 fully saturated rings. The predicted molar refractivity (Wildman–Crippen MR) is 90.1 cm³/mol. The highest BCUT2D eigenvalue weighted by molar-refractivity contribution is 5.92. The number of nitrogens with zero attached hydrogens (tertiary/aromatic N) is 1. The molecular weight excluding hydrogens is 308 g/mol. The van der Waals surface area contributed by atoms with Crippen LogP contribution in [0.2, 0.25) is 0 Å². The van der Waals surface area contributed by atoms with Gasteiger partial charge in [0.2, 0.25) is 11.8 Å². The number of rotatable bonds is 7. The summed E-state index contributed by atoms with van der Waals surface area (Å²) in [5, 5.41) is 2.75. The van der Waals surface area contributed by atoms with Gasteiger partial charge >= 0.3 is 5.97 Å². The molecule has 2 aliphatic rings. The summed E-state index contributed by atoms with van der Waals surface area (Å²) in [6.07, 6.45) is 5.79. The Bertz CT molecular complexity index is 458. The molecule has 1 atom stereocenters. The number of hydrogen-bond donors (Lipinski definition) is 1. The molecule has 0 aromatic rings. The number of carbonyl (C=O) groups excluding carboxylic acids is 3. The van der Waals surface area contributed by atoms with Crippen molar-refractivity contribution in [3.63, 3.8) is 0 Å². The average Bonchev–Trinajstić information content (AvgIpc) is 3.01. The van der Waals surface area contributed by atoms with Crippen LogP contribution in [0.1, 0.15) is 58.8 Å². The maximum atomic E-state index is 12.6. The van der Waals surface area contributed by atoms with Gasteiger partial charge in [-0.1, -0.05) is 26.7 Å². The van der Waals surface area contributed by atoms with Crippen LogP contribution < -0.4 is 5.32 Å². The molecule has 0 radical (unpaired) electrons. The number of ether oxygens (including phenoxy) is 1. The molecule has 1 N–H and O–H groups in total. The minimum absolute atomic E-state index is 0.00303. The molecule has 0 aromatic heterocycles. The Morgan fingerprint density at radius 1 is 1.25 bits per heavy atom. The van der Waals surface area contributed by atoms with Crippen LogP contribution in [0.15, 0.2) is 0 Å². The lowest BCUT2D eigenvalue weighted by Crippen LogP contribution is -2.58. The zero-order valence-corrected chi connectivity index (χ0v) is 14.9. The number of amides is 2. The van der Waals surface area contributed by atoms with E-state index in [0.717, 1.165) is 19.3 Å². The van der Waals surface area contributed by atoms with E-state index >= 15 is 0 Å². The molecule has 0 aromatic carbocycles. The summed E-state index contributed by atoms with van der Waals surface area (Å²) in [4.78, 5) is 38.3. The fraction of sp³-hybridized carbons (Fsp3) is 0.833. The largest absolute Gasteiger partial charge is 0.466 e. The van der Waals surface area contributed by atoms with Crippen LogP contribution in [0.3, 0.4) is 0 Å². The lowest BCUT2D eigenvalue weighted by Gasteiger charge is -2.35. The maximum absolute atomic E-state index is 12.6. The lowest BCUT2D eigenvalue weighted by atomic mass is 10.0. The first-order valence-corrected chi connectivity index (χ1v) is 9.20. The Kier molecular flexibility index (Phi) is 7.06. The fourth-order valence-electron chi connectivity index (χ4n) is 3.42. The third-order valence-corrected chi connectivity index (χ3v) is 4.91. The van der Waals surface area contributed by atoms with Gasteiger partial charge in [0.05, 0.1) is 13.0 Å². The van der Waals surface area contributed by atoms with Crippen LogP contribution >= 0.6 is 0 Å². The van der Waals surface area contributed by atoms with Crippen molar-refractivity contribution in [1.82, 2.24) is 10.2 Å². The molecule has 24 heavy (non-hydrogen) atoms. The molecule has 2 amide bonds. The zero-order valence-electron chi connectivity index (χ0n) is 14.9. The van der Waals surface area contributed by atoms with Crippen molar-refractivity contribution in [2.24, 2.45) is 11.8 Å². The molecule has 1 saturated heterocycles. The SMILES string of the molecule is CC(C)CCOC(=O)CC1C(=O)NCCN1C(=O)CC1CCCC1. The molecule has 6 nitrogen and oxygen atoms in total. The lowest BCUT2D eigenvalue weighted by molar-refractivity contribution is -0.152. The summed E-state index contributed by atoms with van der Waals surface area (Å²) < 4.78 is 5.21. The highest BCUT2D eigenvalue weighted by Gasteiger charge is 2.36. The van der Waals surface area contributed by atoms with Gasteiger partial charge in [-0.15, -0.1) is 0 Å². The number of hydrogen-bond acceptors (Lipinski definition) is 4. The molecule has 2 rings (SSSR count). The summed E-state index contributed by atoms with van der Waals surface area (Å²) in [5.74, 6) is 0.233. The monoisotopic (exact) mass is 338 g/mol. The smallest absolute Gasteiger partial charge is 0.308 e. The summed E-state index contributed by atoms with van der Waals surface area (Å²) in [6.45, 7) is 5.41. The van der Waals surface area contributed by atoms with E-state index in [1.165, 1.54) is 12.8 Å². The van der Waals surface area contributed by atoms with Crippen molar-refractivity contribution in [3.8, 4) is 0 Å². The summed E-state index contributed by atoms with van der Waals surface area (Å²) in [7, 11) is 0. The van der Waals surface area contributed by atoms with Gasteiger partial charge in [-0.05, 0) is 31.1 Å². The van der Waals surface area contributed by atoms with Gasteiger partial charge in [0, 0.05) is 19.5 Å². The van der Waals surface area contributed by atoms with Gasteiger partial charge in [-0.25, -0.2) is 0 Å². The van der Waals surface area contributed by atoms with Crippen LogP contribution in [0.25, 0.3) is 0 Å². The first-order valence-electron chi connectivity index (χ1n) is 9.20. The highest BCUT2D eigenvalue weighted by atomic mass is 16.5. The zero-order chi connectivity index (χ0) is 17.5. The number of esters is 1. The minimum Gasteiger partial charge on any atom is -0.466 e. The molecule has 1 aliphatic carbocycles. The van der Waals surface area contributed by atoms with Crippen molar-refractivity contribution in [3.05, 3.63) is 0 Å². The Morgan fingerprint density at radius 2 is 1.96 bits per heavy atom. The van der Waals surface area contributed by atoms with Crippen molar-refractivity contribution >= 4 is 17.8 Å². The topological polar surface area (TPSA) is 75.7 Å². The number of piperazine rings is 1. The first-order chi connectivity index (χ1) is 11.5. The van der Waals surface area contributed by atoms with Crippen molar-refractivity contribution in [2.45, 2.75) is 64.8 Å². The Balaban J connectivity index is 1.88. The first kappa shape index (κ1) is 18.7. The average molecular weight is 338 g/mol. The van der Waals surface area contributed by atoms with Crippen LogP contribution in [0.4, 0.5) is 0 Å². The van der Waals surface area contributed by atoms with Crippen molar-refractivity contribution in [1.29, 1.82) is 0 Å². The third kappa shape index (κ3) is 5.49. The predicted octanol–water partition coefficient (Wildman–Crippen LogP) is 1.87. The Morgan fingerprint density at radius 3 is 2.62 bits per heavy atom. The van der Waals surface area contributed by atoms with E-state index in [1.54, 1.807) is 4.90 Å². The van der Waals surface area contributed by atoms with E-state index in [1.807, 2.05) is 0 Å². The molecule has 1 unspecified atom stereocenters. The number of carbonyl (C=O) groups is 3. The van der Waals surface area contributed by atoms with Gasteiger partial charge in [0.25, 0.3) is 0 Å². The van der Waals surface area contributed by atoms with Gasteiger partial charge in [-0.2, -0.15) is 0 Å². The Hall–Kier alpha value is -1.59. The van der Waals surface area contributed by atoms with Crippen LogP contribution in [-0.4, -0.2) is 48.4 Å². The number of nitrogens with one attached hydrogen (secondary N) is 1. The standard InChI is InChI=1S/C18H30N2O4/c1-13(2)7-10-24-17(22)12-15-18(23)19-8-9-20(15)16(21)11-14-5-3-4-6-14/h13-15H,3-12H2,1-2H3,(H,19,23). The van der Waals surface area contributed by atoms with E-state index in [9.17, 15) is 14.4 Å². The molecule has 1 saturated carbocycles. The minimum atomic E-state index is -0.723. The van der Waals surface area contributed by atoms with Crippen molar-refractivity contribution in [2.75, 3.05) is 19.7 Å². The Labute approximate surface area is 144 Å². The maximum Gasteiger partial charge on any atom is 0.308 e. The second-order valence-corrected chi connectivity index (χ2v) is 7.36. The normalized spacial score (nSPS) is 21.9.